The van der Waals surface area contributed by atoms with Crippen molar-refractivity contribution in [3.05, 3.63) is 82.5 Å². The number of nitrogens with one attached hydrogen (secondary N) is 2. The Bertz CT molecular complexity index is 1390. The number of aromatic nitrogens is 4. The molecule has 4 N–H and O–H groups in total. The number of benzene rings is 2. The molecule has 0 unspecified atom stereocenters. The topological polar surface area (TPSA) is 103 Å². The first kappa shape index (κ1) is 22.8. The van der Waals surface area contributed by atoms with Crippen molar-refractivity contribution in [1.82, 2.24) is 24.6 Å². The van der Waals surface area contributed by atoms with E-state index < -0.39 is 0 Å². The molecule has 0 radical (unpaired) electrons. The largest absolute Gasteiger partial charge is 0.399 e. The molecule has 3 heterocycles. The molecule has 180 valence electrons. The zero-order valence-electron chi connectivity index (χ0n) is 19.5. The van der Waals surface area contributed by atoms with Gasteiger partial charge in [-0.3, -0.25) is 14.2 Å². The van der Waals surface area contributed by atoms with Gasteiger partial charge in [0.2, 0.25) is 5.95 Å². The molecule has 2 aromatic carbocycles. The van der Waals surface area contributed by atoms with E-state index >= 15 is 0 Å². The molecule has 0 aliphatic carbocycles. The van der Waals surface area contributed by atoms with E-state index in [4.69, 9.17) is 10.7 Å². The highest BCUT2D eigenvalue weighted by Gasteiger charge is 2.27. The predicted octanol–water partition coefficient (Wildman–Crippen LogP) is 3.57. The molecule has 0 spiro atoms. The van der Waals surface area contributed by atoms with Gasteiger partial charge in [-0.2, -0.15) is 0 Å². The number of halogens is 1. The number of hydrogen-bond acceptors (Lipinski definition) is 6. The SMILES string of the molecule is Cn1c(=O)c(-c2ccc(F)cc2)c(-c2ccnc(NCc3cccc(N)c3)n2)n1C1CCNCC1. The summed E-state index contributed by atoms with van der Waals surface area (Å²) in [5, 5.41) is 6.63. The number of nitrogen functional groups attached to an aromatic ring is 1. The Morgan fingerprint density at radius 1 is 1.14 bits per heavy atom. The summed E-state index contributed by atoms with van der Waals surface area (Å²) in [6.07, 6.45) is 3.47. The zero-order chi connectivity index (χ0) is 24.4. The smallest absolute Gasteiger partial charge is 0.274 e. The molecule has 5 rings (SSSR count). The van der Waals surface area contributed by atoms with Crippen LogP contribution in [0.3, 0.4) is 0 Å². The van der Waals surface area contributed by atoms with Crippen molar-refractivity contribution in [2.24, 2.45) is 7.05 Å². The van der Waals surface area contributed by atoms with E-state index in [2.05, 4.69) is 15.6 Å². The molecule has 1 fully saturated rings. The van der Waals surface area contributed by atoms with E-state index in [0.29, 0.717) is 40.7 Å². The molecule has 0 saturated carbocycles. The summed E-state index contributed by atoms with van der Waals surface area (Å²) < 4.78 is 17.4. The molecule has 2 aromatic heterocycles. The van der Waals surface area contributed by atoms with Gasteiger partial charge in [0.1, 0.15) is 5.82 Å². The third kappa shape index (κ3) is 4.67. The molecule has 0 atom stereocenters. The average molecular weight is 474 g/mol. The summed E-state index contributed by atoms with van der Waals surface area (Å²) in [7, 11) is 1.78. The molecule has 0 amide bonds. The van der Waals surface area contributed by atoms with Crippen LogP contribution >= 0.6 is 0 Å². The fourth-order valence-corrected chi connectivity index (χ4v) is 4.69. The Balaban J connectivity index is 1.59. The Kier molecular flexibility index (Phi) is 6.33. The van der Waals surface area contributed by atoms with Gasteiger partial charge in [-0.1, -0.05) is 24.3 Å². The first-order chi connectivity index (χ1) is 17.0. The van der Waals surface area contributed by atoms with Crippen LogP contribution < -0.4 is 21.9 Å². The van der Waals surface area contributed by atoms with Crippen molar-refractivity contribution in [2.75, 3.05) is 24.1 Å². The van der Waals surface area contributed by atoms with Gasteiger partial charge in [0.05, 0.1) is 23.0 Å². The molecule has 35 heavy (non-hydrogen) atoms. The van der Waals surface area contributed by atoms with Gasteiger partial charge in [0.25, 0.3) is 5.56 Å². The van der Waals surface area contributed by atoms with Crippen molar-refractivity contribution in [1.29, 1.82) is 0 Å². The molecular weight excluding hydrogens is 445 g/mol. The van der Waals surface area contributed by atoms with E-state index in [1.807, 2.05) is 35.0 Å². The first-order valence-electron chi connectivity index (χ1n) is 11.7. The summed E-state index contributed by atoms with van der Waals surface area (Å²) >= 11 is 0. The summed E-state index contributed by atoms with van der Waals surface area (Å²) in [5.41, 5.74) is 9.96. The maximum atomic E-state index is 13.7. The zero-order valence-corrected chi connectivity index (χ0v) is 19.5. The Labute approximate surface area is 202 Å². The third-order valence-electron chi connectivity index (χ3n) is 6.38. The van der Waals surface area contributed by atoms with E-state index in [1.54, 1.807) is 30.1 Å². The second kappa shape index (κ2) is 9.71. The number of nitrogens with two attached hydrogens (primary N) is 1. The fourth-order valence-electron chi connectivity index (χ4n) is 4.69. The van der Waals surface area contributed by atoms with Crippen LogP contribution in [0.5, 0.6) is 0 Å². The van der Waals surface area contributed by atoms with Crippen LogP contribution in [-0.2, 0) is 13.6 Å². The van der Waals surface area contributed by atoms with Crippen LogP contribution in [-0.4, -0.2) is 32.4 Å². The lowest BCUT2D eigenvalue weighted by atomic mass is 10.0. The second-order valence-electron chi connectivity index (χ2n) is 8.75. The molecule has 4 aromatic rings. The van der Waals surface area contributed by atoms with Gasteiger partial charge >= 0.3 is 0 Å². The van der Waals surface area contributed by atoms with Crippen molar-refractivity contribution in [3.63, 3.8) is 0 Å². The first-order valence-corrected chi connectivity index (χ1v) is 11.7. The van der Waals surface area contributed by atoms with Crippen molar-refractivity contribution in [3.8, 4) is 22.5 Å². The number of rotatable bonds is 6. The van der Waals surface area contributed by atoms with E-state index in [-0.39, 0.29) is 17.4 Å². The predicted molar refractivity (Wildman–Crippen MR) is 135 cm³/mol. The quantitative estimate of drug-likeness (QED) is 0.370. The summed E-state index contributed by atoms with van der Waals surface area (Å²) in [5.74, 6) is 0.100. The van der Waals surface area contributed by atoms with Gasteiger partial charge in [0.15, 0.2) is 0 Å². The standard InChI is InChI=1S/C26H28FN7O/c1-33-25(35)23(18-5-7-19(27)8-6-18)24(34(33)21-9-12-29-13-10-21)22-11-14-30-26(32-22)31-16-17-3-2-4-20(28)15-17/h2-8,11,14-15,21,29H,9-10,12-13,16,28H2,1H3,(H,30,31,32). The minimum atomic E-state index is -0.347. The van der Waals surface area contributed by atoms with Gasteiger partial charge < -0.3 is 16.4 Å². The van der Waals surface area contributed by atoms with Crippen LogP contribution in [0.4, 0.5) is 16.0 Å². The van der Waals surface area contributed by atoms with Crippen molar-refractivity contribution >= 4 is 11.6 Å². The van der Waals surface area contributed by atoms with Gasteiger partial charge in [-0.15, -0.1) is 0 Å². The van der Waals surface area contributed by atoms with E-state index in [9.17, 15) is 9.18 Å². The molecular formula is C26H28FN7O. The average Bonchev–Trinajstić information content (AvgIpc) is 3.14. The molecule has 0 bridgehead atoms. The van der Waals surface area contributed by atoms with Crippen molar-refractivity contribution < 1.29 is 4.39 Å². The molecule has 8 nitrogen and oxygen atoms in total. The lowest BCUT2D eigenvalue weighted by Gasteiger charge is -2.27. The van der Waals surface area contributed by atoms with Crippen LogP contribution in [0.25, 0.3) is 22.5 Å². The molecule has 1 saturated heterocycles. The highest BCUT2D eigenvalue weighted by molar-refractivity contribution is 5.79. The second-order valence-corrected chi connectivity index (χ2v) is 8.75. The van der Waals surface area contributed by atoms with Crippen LogP contribution in [0, 0.1) is 5.82 Å². The van der Waals surface area contributed by atoms with Gasteiger partial charge in [-0.25, -0.2) is 14.4 Å². The number of anilines is 2. The number of nitrogens with zero attached hydrogens (tertiary/aromatic N) is 4. The maximum absolute atomic E-state index is 13.7. The third-order valence-corrected chi connectivity index (χ3v) is 6.38. The van der Waals surface area contributed by atoms with Crippen molar-refractivity contribution in [2.45, 2.75) is 25.4 Å². The molecule has 9 heteroatoms. The molecule has 1 aliphatic rings. The van der Waals surface area contributed by atoms with E-state index in [1.165, 1.54) is 12.1 Å². The Morgan fingerprint density at radius 2 is 1.91 bits per heavy atom. The highest BCUT2D eigenvalue weighted by atomic mass is 19.1. The van der Waals surface area contributed by atoms with Crippen LogP contribution in [0.15, 0.2) is 65.6 Å². The minimum Gasteiger partial charge on any atom is -0.399 e. The lowest BCUT2D eigenvalue weighted by molar-refractivity contribution is 0.313. The summed E-state index contributed by atoms with van der Waals surface area (Å²) in [6.45, 7) is 2.26. The normalized spacial score (nSPS) is 14.2. The maximum Gasteiger partial charge on any atom is 0.274 e. The fraction of sp³-hybridized carbons (Fsp3) is 0.269. The highest BCUT2D eigenvalue weighted by Crippen LogP contribution is 2.34. The summed E-state index contributed by atoms with van der Waals surface area (Å²) in [6, 6.07) is 15.6. The van der Waals surface area contributed by atoms with Crippen LogP contribution in [0.1, 0.15) is 24.4 Å². The lowest BCUT2D eigenvalue weighted by Crippen LogP contribution is -2.33. The van der Waals surface area contributed by atoms with E-state index in [0.717, 1.165) is 31.5 Å². The Hall–Kier alpha value is -3.98. The number of piperidine rings is 1. The monoisotopic (exact) mass is 473 g/mol. The van der Waals surface area contributed by atoms with Gasteiger partial charge in [0, 0.05) is 25.5 Å². The Morgan fingerprint density at radius 3 is 2.66 bits per heavy atom. The van der Waals surface area contributed by atoms with Crippen LogP contribution in [0.2, 0.25) is 0 Å². The minimum absolute atomic E-state index is 0.136. The number of hydrogen-bond donors (Lipinski definition) is 3. The molecule has 1 aliphatic heterocycles. The van der Waals surface area contributed by atoms with Gasteiger partial charge in [-0.05, 0) is 67.4 Å². The summed E-state index contributed by atoms with van der Waals surface area (Å²) in [4.78, 5) is 22.7.